The Labute approximate surface area is 310 Å². The van der Waals surface area contributed by atoms with Crippen molar-refractivity contribution in [3.8, 4) is 17.4 Å². The van der Waals surface area contributed by atoms with E-state index in [-0.39, 0.29) is 54.4 Å². The molecule has 10 nitrogen and oxygen atoms in total. The van der Waals surface area contributed by atoms with Gasteiger partial charge < -0.3 is 20.1 Å². The van der Waals surface area contributed by atoms with Crippen LogP contribution in [-0.2, 0) is 6.61 Å². The monoisotopic (exact) mass is 757 g/mol. The van der Waals surface area contributed by atoms with Crippen LogP contribution in [0.5, 0.6) is 11.6 Å². The van der Waals surface area contributed by atoms with Crippen LogP contribution in [0.15, 0.2) is 71.9 Å². The Balaban J connectivity index is 1.02. The number of aromatic nitrogens is 4. The molecule has 1 amide bonds. The Hall–Kier alpha value is -4.01. The molecule has 3 N–H and O–H groups in total. The van der Waals surface area contributed by atoms with Crippen molar-refractivity contribution < 1.29 is 27.4 Å². The van der Waals surface area contributed by atoms with Crippen molar-refractivity contribution in [3.63, 3.8) is 0 Å². The third-order valence-corrected chi connectivity index (χ3v) is 10.5. The third-order valence-electron chi connectivity index (χ3n) is 9.45. The summed E-state index contributed by atoms with van der Waals surface area (Å²) in [7, 11) is 0. The van der Waals surface area contributed by atoms with Crippen LogP contribution in [0.3, 0.4) is 0 Å². The van der Waals surface area contributed by atoms with Gasteiger partial charge in [-0.3, -0.25) is 9.52 Å². The van der Waals surface area contributed by atoms with Crippen molar-refractivity contribution in [1.82, 2.24) is 29.8 Å². The average molecular weight is 758 g/mol. The number of nitrogens with zero attached hydrogens (tertiary/aromatic N) is 4. The molecule has 3 aromatic heterocycles. The van der Waals surface area contributed by atoms with E-state index in [0.717, 1.165) is 49.9 Å². The number of amides is 1. The van der Waals surface area contributed by atoms with Gasteiger partial charge in [0.15, 0.2) is 17.4 Å². The normalized spacial score (nSPS) is 17.5. The highest BCUT2D eigenvalue weighted by Gasteiger charge is 2.62. The molecule has 0 bridgehead atoms. The number of benzene rings is 1. The first-order chi connectivity index (χ1) is 24.9. The number of rotatable bonds is 17. The summed E-state index contributed by atoms with van der Waals surface area (Å²) in [5.41, 5.74) is -0.167. The van der Waals surface area contributed by atoms with Gasteiger partial charge in [-0.25, -0.2) is 14.6 Å². The SMILES string of the molecule is CC1(C)C[C@H](CCCNc2nc(SNC(=O)c3ccc(-n4ccc(OCCCC5(C(F)(F)F)CC5)n4)nc3Cl)ccc2OCc2ccccc2)CN1. The molecule has 1 aliphatic carbocycles. The maximum atomic E-state index is 13.2. The van der Waals surface area contributed by atoms with E-state index in [2.05, 4.69) is 39.3 Å². The minimum absolute atomic E-state index is 0.0312. The molecule has 1 aliphatic heterocycles. The number of pyridine rings is 2. The standard InChI is InChI=1S/C37H43ClF3N7O3S/c1-35(2)22-26(23-43-35)10-6-19-42-33-28(51-24-25-8-4-3-5-9-25)12-14-31(45-33)52-47-34(49)27-11-13-29(44-32(27)38)48-20-15-30(46-48)50-21-7-16-36(17-18-36)37(39,40)41/h3-5,8-9,11-15,20,26,43H,6-7,10,16-19,21-24H2,1-2H3,(H,42,45)(H,47,49)/t26-/m0/s1. The maximum Gasteiger partial charge on any atom is 0.394 e. The number of alkyl halides is 3. The van der Waals surface area contributed by atoms with Gasteiger partial charge in [-0.1, -0.05) is 41.9 Å². The van der Waals surface area contributed by atoms with Crippen molar-refractivity contribution in [1.29, 1.82) is 0 Å². The van der Waals surface area contributed by atoms with E-state index in [0.29, 0.717) is 34.9 Å². The molecule has 6 rings (SSSR count). The van der Waals surface area contributed by atoms with Crippen molar-refractivity contribution in [2.24, 2.45) is 11.3 Å². The lowest BCUT2D eigenvalue weighted by atomic mass is 9.94. The number of carbonyl (C=O) groups is 1. The molecule has 2 aliphatic rings. The molecule has 0 radical (unpaired) electrons. The highest BCUT2D eigenvalue weighted by Crippen LogP contribution is 2.60. The first-order valence-electron chi connectivity index (χ1n) is 17.5. The number of hydrogen-bond acceptors (Lipinski definition) is 9. The Bertz CT molecular complexity index is 1820. The first-order valence-corrected chi connectivity index (χ1v) is 18.7. The van der Waals surface area contributed by atoms with Crippen molar-refractivity contribution in [2.45, 2.75) is 82.1 Å². The van der Waals surface area contributed by atoms with E-state index in [4.69, 9.17) is 26.1 Å². The third kappa shape index (κ3) is 9.90. The smallest absolute Gasteiger partial charge is 0.394 e. The van der Waals surface area contributed by atoms with Crippen LogP contribution in [0.25, 0.3) is 5.82 Å². The van der Waals surface area contributed by atoms with Crippen molar-refractivity contribution in [3.05, 3.63) is 83.1 Å². The van der Waals surface area contributed by atoms with E-state index in [9.17, 15) is 18.0 Å². The topological polar surface area (TPSA) is 115 Å². The molecule has 4 heterocycles. The fraction of sp³-hybridized carbons (Fsp3) is 0.459. The number of ether oxygens (including phenoxy) is 2. The van der Waals surface area contributed by atoms with Crippen LogP contribution in [0, 0.1) is 11.3 Å². The van der Waals surface area contributed by atoms with Crippen molar-refractivity contribution in [2.75, 3.05) is 25.0 Å². The molecular weight excluding hydrogens is 715 g/mol. The van der Waals surface area contributed by atoms with Crippen LogP contribution >= 0.6 is 23.5 Å². The van der Waals surface area contributed by atoms with Crippen LogP contribution in [0.4, 0.5) is 19.0 Å². The molecule has 278 valence electrons. The molecule has 4 aromatic rings. The van der Waals surface area contributed by atoms with Gasteiger partial charge in [0.2, 0.25) is 5.88 Å². The van der Waals surface area contributed by atoms with E-state index in [1.165, 1.54) is 10.7 Å². The van der Waals surface area contributed by atoms with Gasteiger partial charge in [-0.2, -0.15) is 13.2 Å². The number of halogens is 4. The van der Waals surface area contributed by atoms with Crippen LogP contribution in [0.2, 0.25) is 5.15 Å². The number of anilines is 1. The molecule has 15 heteroatoms. The average Bonchev–Trinajstić information content (AvgIpc) is 3.65. The second kappa shape index (κ2) is 16.3. The quantitative estimate of drug-likeness (QED) is 0.0555. The van der Waals surface area contributed by atoms with Gasteiger partial charge in [0.05, 0.1) is 17.6 Å². The zero-order chi connectivity index (χ0) is 36.8. The summed E-state index contributed by atoms with van der Waals surface area (Å²) < 4.78 is 55.4. The molecular formula is C37H43ClF3N7O3S. The van der Waals surface area contributed by atoms with E-state index in [1.54, 1.807) is 24.4 Å². The molecule has 0 spiro atoms. The highest BCUT2D eigenvalue weighted by atomic mass is 35.5. The highest BCUT2D eigenvalue weighted by molar-refractivity contribution is 7.97. The van der Waals surface area contributed by atoms with E-state index >= 15 is 0 Å². The predicted octanol–water partition coefficient (Wildman–Crippen LogP) is 8.41. The van der Waals surface area contributed by atoms with E-state index in [1.807, 2.05) is 36.4 Å². The summed E-state index contributed by atoms with van der Waals surface area (Å²) in [6.45, 7) is 6.75. The summed E-state index contributed by atoms with van der Waals surface area (Å²) in [5.74, 6) is 1.99. The lowest BCUT2D eigenvalue weighted by Crippen LogP contribution is -2.31. The summed E-state index contributed by atoms with van der Waals surface area (Å²) in [6.07, 6.45) is 1.33. The van der Waals surface area contributed by atoms with Crippen LogP contribution in [0.1, 0.15) is 74.7 Å². The Morgan fingerprint density at radius 1 is 1.06 bits per heavy atom. The number of carbonyl (C=O) groups excluding carboxylic acids is 1. The Kier molecular flexibility index (Phi) is 11.9. The Morgan fingerprint density at radius 2 is 1.87 bits per heavy atom. The lowest BCUT2D eigenvalue weighted by molar-refractivity contribution is -0.189. The first kappa shape index (κ1) is 37.7. The number of nitrogens with one attached hydrogen (secondary N) is 3. The molecule has 1 aromatic carbocycles. The van der Waals surface area contributed by atoms with Crippen LogP contribution in [-0.4, -0.2) is 57.1 Å². The van der Waals surface area contributed by atoms with Gasteiger partial charge in [-0.15, -0.1) is 5.10 Å². The van der Waals surface area contributed by atoms with Gasteiger partial charge in [0, 0.05) is 36.3 Å². The zero-order valence-corrected chi connectivity index (χ0v) is 30.7. The largest absolute Gasteiger partial charge is 0.485 e. The molecule has 1 saturated carbocycles. The van der Waals surface area contributed by atoms with Crippen LogP contribution < -0.4 is 24.8 Å². The van der Waals surface area contributed by atoms with Gasteiger partial charge in [0.25, 0.3) is 5.91 Å². The van der Waals surface area contributed by atoms with Gasteiger partial charge >= 0.3 is 6.18 Å². The van der Waals surface area contributed by atoms with Gasteiger partial charge in [-0.05, 0) is 101 Å². The second-order valence-corrected chi connectivity index (χ2v) is 15.2. The summed E-state index contributed by atoms with van der Waals surface area (Å²) in [6, 6.07) is 18.2. The predicted molar refractivity (Wildman–Crippen MR) is 195 cm³/mol. The minimum atomic E-state index is -4.17. The molecule has 52 heavy (non-hydrogen) atoms. The number of hydrogen-bond donors (Lipinski definition) is 3. The van der Waals surface area contributed by atoms with Gasteiger partial charge in [0.1, 0.15) is 16.8 Å². The molecule has 0 unspecified atom stereocenters. The summed E-state index contributed by atoms with van der Waals surface area (Å²) in [4.78, 5) is 22.2. The lowest BCUT2D eigenvalue weighted by Gasteiger charge is -2.18. The molecule has 1 saturated heterocycles. The Morgan fingerprint density at radius 3 is 2.58 bits per heavy atom. The maximum absolute atomic E-state index is 13.2. The molecule has 1 atom stereocenters. The zero-order valence-electron chi connectivity index (χ0n) is 29.1. The fourth-order valence-electron chi connectivity index (χ4n) is 6.35. The fourth-order valence-corrected chi connectivity index (χ4v) is 7.17. The molecule has 2 fully saturated rings. The minimum Gasteiger partial charge on any atom is -0.485 e. The summed E-state index contributed by atoms with van der Waals surface area (Å²) in [5, 5.41) is 11.8. The summed E-state index contributed by atoms with van der Waals surface area (Å²) >= 11 is 7.48. The van der Waals surface area contributed by atoms with E-state index < -0.39 is 17.5 Å². The second-order valence-electron chi connectivity index (χ2n) is 14.0. The van der Waals surface area contributed by atoms with Crippen molar-refractivity contribution >= 4 is 35.3 Å².